The molecule has 0 saturated heterocycles. The third-order valence-corrected chi connectivity index (χ3v) is 9.77. The van der Waals surface area contributed by atoms with Crippen molar-refractivity contribution in [1.29, 1.82) is 0 Å². The highest BCUT2D eigenvalue weighted by Crippen LogP contribution is 2.66. The summed E-state index contributed by atoms with van der Waals surface area (Å²) in [5.74, 6) is 3.73. The Kier molecular flexibility index (Phi) is 6.24. The number of Topliss-reactive ketones (excluding diaryl/α,β-unsaturated/α-hetero) is 1. The Labute approximate surface area is 172 Å². The lowest BCUT2D eigenvalue weighted by atomic mass is 9.45. The zero-order chi connectivity index (χ0) is 19.8. The molecule has 0 aliphatic heterocycles. The van der Waals surface area contributed by atoms with Crippen LogP contribution in [0, 0.1) is 34.5 Å². The van der Waals surface area contributed by atoms with E-state index in [9.17, 15) is 4.79 Å². The predicted molar refractivity (Wildman–Crippen MR) is 112 cm³/mol. The molecule has 0 aromatic heterocycles. The number of ketones is 1. The number of ether oxygens (including phenoxy) is 1. The van der Waals surface area contributed by atoms with Crippen LogP contribution < -0.4 is 0 Å². The molecule has 0 aromatic carbocycles. The van der Waals surface area contributed by atoms with E-state index < -0.39 is 0 Å². The second-order valence-corrected chi connectivity index (χ2v) is 11.0. The van der Waals surface area contributed by atoms with Gasteiger partial charge in [0, 0.05) is 26.1 Å². The van der Waals surface area contributed by atoms with Crippen LogP contribution in [-0.4, -0.2) is 30.2 Å². The highest BCUT2D eigenvalue weighted by Gasteiger charge is 2.60. The SMILES string of the molecule is C[C@]12CCC(=O)CC1CC[C@@H]1C2CC[C@@]2(C)C1CC[C@@H]2OCCCCCCO. The molecule has 4 saturated carbocycles. The molecule has 0 bridgehead atoms. The van der Waals surface area contributed by atoms with E-state index in [4.69, 9.17) is 9.84 Å². The number of carbonyl (C=O) groups is 1. The van der Waals surface area contributed by atoms with E-state index in [1.165, 1.54) is 44.9 Å². The number of rotatable bonds is 7. The zero-order valence-corrected chi connectivity index (χ0v) is 18.3. The summed E-state index contributed by atoms with van der Waals surface area (Å²) in [6.07, 6.45) is 15.6. The van der Waals surface area contributed by atoms with Crippen molar-refractivity contribution in [3.8, 4) is 0 Å². The minimum absolute atomic E-state index is 0.319. The van der Waals surface area contributed by atoms with E-state index in [1.807, 2.05) is 0 Å². The monoisotopic (exact) mass is 390 g/mol. The van der Waals surface area contributed by atoms with Crippen molar-refractivity contribution in [2.45, 2.75) is 103 Å². The minimum atomic E-state index is 0.319. The van der Waals surface area contributed by atoms with Crippen molar-refractivity contribution in [3.63, 3.8) is 0 Å². The molecule has 4 rings (SSSR count). The fourth-order valence-electron chi connectivity index (χ4n) is 8.06. The number of aliphatic hydroxyl groups excluding tert-OH is 1. The summed E-state index contributed by atoms with van der Waals surface area (Å²) in [5, 5.41) is 8.91. The molecule has 4 fully saturated rings. The van der Waals surface area contributed by atoms with E-state index in [1.54, 1.807) is 0 Å². The van der Waals surface area contributed by atoms with Crippen LogP contribution in [0.1, 0.15) is 97.3 Å². The maximum absolute atomic E-state index is 12.1. The number of carbonyl (C=O) groups excluding carboxylic acids is 1. The molecule has 28 heavy (non-hydrogen) atoms. The molecular formula is C25H42O3. The molecular weight excluding hydrogens is 348 g/mol. The molecule has 3 heteroatoms. The van der Waals surface area contributed by atoms with Gasteiger partial charge < -0.3 is 9.84 Å². The second-order valence-electron chi connectivity index (χ2n) is 11.0. The summed E-state index contributed by atoms with van der Waals surface area (Å²) >= 11 is 0. The maximum Gasteiger partial charge on any atom is 0.133 e. The largest absolute Gasteiger partial charge is 0.396 e. The lowest BCUT2D eigenvalue weighted by Gasteiger charge is -2.60. The van der Waals surface area contributed by atoms with E-state index >= 15 is 0 Å². The molecule has 0 amide bonds. The molecule has 4 aliphatic carbocycles. The molecule has 7 atom stereocenters. The van der Waals surface area contributed by atoms with Gasteiger partial charge in [-0.1, -0.05) is 26.7 Å². The summed E-state index contributed by atoms with van der Waals surface area (Å²) in [4.78, 5) is 12.1. The van der Waals surface area contributed by atoms with Gasteiger partial charge in [0.25, 0.3) is 0 Å². The van der Waals surface area contributed by atoms with E-state index in [-0.39, 0.29) is 0 Å². The summed E-state index contributed by atoms with van der Waals surface area (Å²) in [6, 6.07) is 0. The van der Waals surface area contributed by atoms with Gasteiger partial charge in [0.05, 0.1) is 6.10 Å². The molecule has 3 nitrogen and oxygen atoms in total. The standard InChI is InChI=1S/C25H42O3/c1-24-13-11-19(27)17-18(24)7-8-20-21-9-10-23(25(21,2)14-12-22(20)24)28-16-6-4-3-5-15-26/h18,20-23,26H,3-17H2,1-2H3/t18?,20-,21?,22?,23-,24-,25-/m0/s1. The average Bonchev–Trinajstić information content (AvgIpc) is 3.01. The molecule has 0 heterocycles. The zero-order valence-electron chi connectivity index (χ0n) is 18.3. The van der Waals surface area contributed by atoms with E-state index in [0.717, 1.165) is 62.9 Å². The van der Waals surface area contributed by atoms with Crippen LogP contribution in [0.4, 0.5) is 0 Å². The first kappa shape index (κ1) is 20.8. The summed E-state index contributed by atoms with van der Waals surface area (Å²) < 4.78 is 6.47. The number of aliphatic hydroxyl groups is 1. The van der Waals surface area contributed by atoms with Crippen LogP contribution in [-0.2, 0) is 9.53 Å². The maximum atomic E-state index is 12.1. The highest BCUT2D eigenvalue weighted by molar-refractivity contribution is 5.79. The molecule has 0 radical (unpaired) electrons. The Morgan fingerprint density at radius 3 is 2.54 bits per heavy atom. The lowest BCUT2D eigenvalue weighted by Crippen LogP contribution is -2.54. The summed E-state index contributed by atoms with van der Waals surface area (Å²) in [5.41, 5.74) is 0.795. The fourth-order valence-corrected chi connectivity index (χ4v) is 8.06. The third kappa shape index (κ3) is 3.60. The molecule has 0 spiro atoms. The van der Waals surface area contributed by atoms with Gasteiger partial charge in [0.1, 0.15) is 5.78 Å². The van der Waals surface area contributed by atoms with Crippen LogP contribution in [0.25, 0.3) is 0 Å². The Morgan fingerprint density at radius 2 is 1.71 bits per heavy atom. The van der Waals surface area contributed by atoms with Gasteiger partial charge in [-0.2, -0.15) is 0 Å². The van der Waals surface area contributed by atoms with Crippen molar-refractivity contribution >= 4 is 5.78 Å². The van der Waals surface area contributed by atoms with Crippen LogP contribution in [0.15, 0.2) is 0 Å². The summed E-state index contributed by atoms with van der Waals surface area (Å²) in [6.45, 7) is 6.29. The van der Waals surface area contributed by atoms with Gasteiger partial charge in [-0.05, 0) is 92.3 Å². The minimum Gasteiger partial charge on any atom is -0.396 e. The van der Waals surface area contributed by atoms with Gasteiger partial charge in [0.2, 0.25) is 0 Å². The molecule has 1 N–H and O–H groups in total. The predicted octanol–water partition coefficient (Wildman–Crippen LogP) is 5.54. The number of hydrogen-bond donors (Lipinski definition) is 1. The van der Waals surface area contributed by atoms with E-state index in [2.05, 4.69) is 13.8 Å². The van der Waals surface area contributed by atoms with Gasteiger partial charge in [-0.25, -0.2) is 0 Å². The number of unbranched alkanes of at least 4 members (excludes halogenated alkanes) is 3. The van der Waals surface area contributed by atoms with Crippen molar-refractivity contribution in [2.75, 3.05) is 13.2 Å². The normalized spacial score (nSPS) is 45.4. The molecule has 4 aliphatic rings. The van der Waals surface area contributed by atoms with Crippen LogP contribution >= 0.6 is 0 Å². The van der Waals surface area contributed by atoms with E-state index in [0.29, 0.717) is 35.2 Å². The lowest BCUT2D eigenvalue weighted by molar-refractivity contribution is -0.145. The van der Waals surface area contributed by atoms with Gasteiger partial charge in [-0.3, -0.25) is 4.79 Å². The Morgan fingerprint density at radius 1 is 0.929 bits per heavy atom. The van der Waals surface area contributed by atoms with Crippen LogP contribution in [0.5, 0.6) is 0 Å². The second kappa shape index (κ2) is 8.38. The van der Waals surface area contributed by atoms with Crippen molar-refractivity contribution in [1.82, 2.24) is 0 Å². The van der Waals surface area contributed by atoms with Crippen molar-refractivity contribution < 1.29 is 14.6 Å². The molecule has 0 aromatic rings. The molecule has 3 unspecified atom stereocenters. The van der Waals surface area contributed by atoms with Gasteiger partial charge in [0.15, 0.2) is 0 Å². The number of hydrogen-bond acceptors (Lipinski definition) is 3. The summed E-state index contributed by atoms with van der Waals surface area (Å²) in [7, 11) is 0. The first-order valence-corrected chi connectivity index (χ1v) is 12.2. The highest BCUT2D eigenvalue weighted by atomic mass is 16.5. The average molecular weight is 391 g/mol. The topological polar surface area (TPSA) is 46.5 Å². The van der Waals surface area contributed by atoms with Crippen molar-refractivity contribution in [3.05, 3.63) is 0 Å². The first-order valence-electron chi connectivity index (χ1n) is 12.2. The van der Waals surface area contributed by atoms with Crippen LogP contribution in [0.3, 0.4) is 0 Å². The number of fused-ring (bicyclic) bond motifs is 5. The van der Waals surface area contributed by atoms with Gasteiger partial charge >= 0.3 is 0 Å². The molecule has 160 valence electrons. The smallest absolute Gasteiger partial charge is 0.133 e. The quantitative estimate of drug-likeness (QED) is 0.581. The Balaban J connectivity index is 1.37. The third-order valence-electron chi connectivity index (χ3n) is 9.77. The Bertz CT molecular complexity index is 560. The van der Waals surface area contributed by atoms with Gasteiger partial charge in [-0.15, -0.1) is 0 Å². The van der Waals surface area contributed by atoms with Crippen LogP contribution in [0.2, 0.25) is 0 Å². The Hall–Kier alpha value is -0.410. The van der Waals surface area contributed by atoms with Crippen molar-refractivity contribution in [2.24, 2.45) is 34.5 Å². The first-order chi connectivity index (χ1) is 13.5. The fraction of sp³-hybridized carbons (Fsp3) is 0.960.